The van der Waals surface area contributed by atoms with Crippen molar-refractivity contribution in [3.8, 4) is 5.75 Å². The minimum Gasteiger partial charge on any atom is -0.490 e. The third-order valence-electron chi connectivity index (χ3n) is 7.04. The van der Waals surface area contributed by atoms with Crippen molar-refractivity contribution < 1.29 is 22.8 Å². The van der Waals surface area contributed by atoms with E-state index in [4.69, 9.17) is 32.8 Å². The van der Waals surface area contributed by atoms with Crippen LogP contribution >= 0.6 is 23.2 Å². The maximum Gasteiger partial charge on any atom is 0.358 e. The van der Waals surface area contributed by atoms with Crippen LogP contribution in [0.5, 0.6) is 5.75 Å². The molecule has 4 rings (SSSR count). The number of rotatable bonds is 9. The molecule has 0 spiro atoms. The van der Waals surface area contributed by atoms with E-state index in [-0.39, 0.29) is 17.6 Å². The number of urea groups is 1. The second-order valence-corrected chi connectivity index (χ2v) is 12.2. The zero-order valence-corrected chi connectivity index (χ0v) is 23.9. The monoisotopic (exact) mass is 583 g/mol. The van der Waals surface area contributed by atoms with Gasteiger partial charge < -0.3 is 9.64 Å². The van der Waals surface area contributed by atoms with Crippen molar-refractivity contribution in [1.29, 1.82) is 0 Å². The van der Waals surface area contributed by atoms with E-state index in [0.717, 1.165) is 50.9 Å². The van der Waals surface area contributed by atoms with Crippen molar-refractivity contribution in [3.63, 3.8) is 0 Å². The van der Waals surface area contributed by atoms with Gasteiger partial charge in [-0.2, -0.15) is 8.42 Å². The number of amides is 2. The Bertz CT molecular complexity index is 1170. The van der Waals surface area contributed by atoms with E-state index in [1.54, 1.807) is 35.2 Å². The van der Waals surface area contributed by atoms with E-state index in [1.165, 1.54) is 12.1 Å². The summed E-state index contributed by atoms with van der Waals surface area (Å²) in [5, 5.41) is 0.987. The predicted molar refractivity (Wildman–Crippen MR) is 148 cm³/mol. The lowest BCUT2D eigenvalue weighted by atomic mass is 9.99. The fraction of sp³-hybridized carbons (Fsp3) is 0.519. The van der Waals surface area contributed by atoms with Gasteiger partial charge in [0.15, 0.2) is 0 Å². The van der Waals surface area contributed by atoms with Crippen LogP contribution in [0.4, 0.5) is 4.79 Å². The van der Waals surface area contributed by atoms with Crippen LogP contribution in [-0.4, -0.2) is 73.6 Å². The Labute approximate surface area is 235 Å². The van der Waals surface area contributed by atoms with E-state index >= 15 is 0 Å². The van der Waals surface area contributed by atoms with Gasteiger partial charge in [-0.15, -0.1) is 0 Å². The summed E-state index contributed by atoms with van der Waals surface area (Å²) < 4.78 is 33.2. The number of sulfonamides is 1. The Morgan fingerprint density at radius 2 is 1.66 bits per heavy atom. The second-order valence-electron chi connectivity index (χ2n) is 9.66. The molecule has 208 valence electrons. The number of nitrogens with zero attached hydrogens (tertiary/aromatic N) is 3. The summed E-state index contributed by atoms with van der Waals surface area (Å²) >= 11 is 12.1. The molecule has 2 amide bonds. The van der Waals surface area contributed by atoms with E-state index in [9.17, 15) is 13.2 Å². The largest absolute Gasteiger partial charge is 0.490 e. The van der Waals surface area contributed by atoms with Gasteiger partial charge in [-0.3, -0.25) is 9.74 Å². The number of hydrogen-bond donors (Lipinski definition) is 0. The van der Waals surface area contributed by atoms with Gasteiger partial charge in [0.2, 0.25) is 0 Å². The lowest BCUT2D eigenvalue weighted by Crippen LogP contribution is -2.53. The normalized spacial score (nSPS) is 17.9. The number of hydroxylamine groups is 1. The Morgan fingerprint density at radius 1 is 0.974 bits per heavy atom. The highest BCUT2D eigenvalue weighted by Gasteiger charge is 2.37. The molecule has 38 heavy (non-hydrogen) atoms. The van der Waals surface area contributed by atoms with E-state index in [2.05, 4.69) is 4.90 Å². The minimum atomic E-state index is -4.12. The molecule has 0 aromatic heterocycles. The van der Waals surface area contributed by atoms with E-state index in [0.29, 0.717) is 40.1 Å². The molecule has 2 aromatic carbocycles. The Kier molecular flexibility index (Phi) is 10.2. The molecule has 2 aliphatic heterocycles. The number of unbranched alkanes of at least 4 members (excludes halogenated alkanes) is 1. The Balaban J connectivity index is 1.31. The summed E-state index contributed by atoms with van der Waals surface area (Å²) in [6.45, 7) is 4.89. The molecule has 0 radical (unpaired) electrons. The van der Waals surface area contributed by atoms with Crippen molar-refractivity contribution in [2.24, 2.45) is 0 Å². The molecular weight excluding hydrogens is 549 g/mol. The molecule has 8 nitrogen and oxygen atoms in total. The molecule has 0 atom stereocenters. The SMILES string of the molecule is CCCCON(C(=O)N1CCC(N2CCC(Oc3ccc(Cl)c(Cl)c3)CC2)CC1)S(=O)(=O)c1ccccc1. The van der Waals surface area contributed by atoms with Gasteiger partial charge in [-0.25, -0.2) is 4.79 Å². The summed E-state index contributed by atoms with van der Waals surface area (Å²) in [4.78, 5) is 23.0. The third-order valence-corrected chi connectivity index (χ3v) is 9.35. The molecule has 0 saturated carbocycles. The number of halogens is 2. The van der Waals surface area contributed by atoms with Crippen LogP contribution in [0.1, 0.15) is 45.4 Å². The number of carbonyl (C=O) groups excluding carboxylic acids is 1. The molecule has 0 bridgehead atoms. The van der Waals surface area contributed by atoms with E-state index < -0.39 is 16.1 Å². The Hall–Kier alpha value is -2.04. The van der Waals surface area contributed by atoms with Crippen molar-refractivity contribution >= 4 is 39.3 Å². The minimum absolute atomic E-state index is 0.0331. The highest BCUT2D eigenvalue weighted by atomic mass is 35.5. The zero-order valence-electron chi connectivity index (χ0n) is 21.6. The molecule has 2 heterocycles. The van der Waals surface area contributed by atoms with E-state index in [1.807, 2.05) is 13.0 Å². The standard InChI is InChI=1S/C27H35Cl2N3O5S/c1-2-3-19-36-32(38(34,35)24-7-5-4-6-8-24)27(33)31-15-11-21(12-16-31)30-17-13-22(14-18-30)37-23-9-10-25(28)26(29)20-23/h4-10,20-22H,2-3,11-19H2,1H3. The highest BCUT2D eigenvalue weighted by molar-refractivity contribution is 7.89. The third kappa shape index (κ3) is 7.12. The number of piperidine rings is 2. The van der Waals surface area contributed by atoms with Crippen LogP contribution in [0.15, 0.2) is 53.4 Å². The zero-order chi connectivity index (χ0) is 27.1. The first-order valence-corrected chi connectivity index (χ1v) is 15.4. The molecule has 2 fully saturated rings. The lowest BCUT2D eigenvalue weighted by molar-refractivity contribution is -0.0623. The maximum absolute atomic E-state index is 13.4. The first-order chi connectivity index (χ1) is 18.3. The van der Waals surface area contributed by atoms with Gasteiger partial charge in [0.25, 0.3) is 10.0 Å². The van der Waals surface area contributed by atoms with Gasteiger partial charge in [0.05, 0.1) is 21.5 Å². The molecular formula is C27H35Cl2N3O5S. The smallest absolute Gasteiger partial charge is 0.358 e. The molecule has 2 aliphatic rings. The van der Waals surface area contributed by atoms with Crippen LogP contribution in [0.25, 0.3) is 0 Å². The average Bonchev–Trinajstić information content (AvgIpc) is 2.94. The fourth-order valence-corrected chi connectivity index (χ4v) is 6.36. The fourth-order valence-electron chi connectivity index (χ4n) is 4.85. The maximum atomic E-state index is 13.4. The van der Waals surface area contributed by atoms with Crippen molar-refractivity contribution in [3.05, 3.63) is 58.6 Å². The van der Waals surface area contributed by atoms with Gasteiger partial charge in [0.1, 0.15) is 11.9 Å². The number of hydrogen-bond acceptors (Lipinski definition) is 6. The number of likely N-dealkylation sites (tertiary alicyclic amines) is 2. The summed E-state index contributed by atoms with van der Waals surface area (Å²) in [6, 6.07) is 13.0. The van der Waals surface area contributed by atoms with Crippen molar-refractivity contribution in [2.45, 2.75) is 62.5 Å². The molecule has 2 aromatic rings. The molecule has 2 saturated heterocycles. The van der Waals surface area contributed by atoms with Crippen LogP contribution in [-0.2, 0) is 14.9 Å². The summed E-state index contributed by atoms with van der Waals surface area (Å²) in [7, 11) is -4.12. The predicted octanol–water partition coefficient (Wildman–Crippen LogP) is 5.84. The first kappa shape index (κ1) is 29.0. The van der Waals surface area contributed by atoms with Gasteiger partial charge in [0, 0.05) is 38.3 Å². The van der Waals surface area contributed by atoms with Crippen LogP contribution in [0.2, 0.25) is 10.0 Å². The van der Waals surface area contributed by atoms with Gasteiger partial charge in [-0.05, 0) is 56.4 Å². The second kappa shape index (κ2) is 13.3. The van der Waals surface area contributed by atoms with Crippen molar-refractivity contribution in [2.75, 3.05) is 32.8 Å². The first-order valence-electron chi connectivity index (χ1n) is 13.2. The average molecular weight is 585 g/mol. The quantitative estimate of drug-likeness (QED) is 0.272. The summed E-state index contributed by atoms with van der Waals surface area (Å²) in [6.07, 6.45) is 4.94. The van der Waals surface area contributed by atoms with Gasteiger partial charge >= 0.3 is 6.03 Å². The topological polar surface area (TPSA) is 79.4 Å². The molecule has 11 heteroatoms. The number of benzene rings is 2. The van der Waals surface area contributed by atoms with Crippen LogP contribution in [0, 0.1) is 0 Å². The summed E-state index contributed by atoms with van der Waals surface area (Å²) in [5.41, 5.74) is 0. The van der Waals surface area contributed by atoms with Gasteiger partial charge in [-0.1, -0.05) is 59.2 Å². The van der Waals surface area contributed by atoms with Crippen molar-refractivity contribution in [1.82, 2.24) is 14.3 Å². The Morgan fingerprint density at radius 3 is 2.29 bits per heavy atom. The number of carbonyl (C=O) groups is 1. The number of ether oxygens (including phenoxy) is 1. The van der Waals surface area contributed by atoms with Crippen LogP contribution in [0.3, 0.4) is 0 Å². The van der Waals surface area contributed by atoms with Crippen LogP contribution < -0.4 is 4.74 Å². The highest BCUT2D eigenvalue weighted by Crippen LogP contribution is 2.29. The lowest BCUT2D eigenvalue weighted by Gasteiger charge is -2.42. The molecule has 0 aliphatic carbocycles. The molecule has 0 N–H and O–H groups in total. The summed E-state index contributed by atoms with van der Waals surface area (Å²) in [5.74, 6) is 0.723. The molecule has 0 unspecified atom stereocenters.